The van der Waals surface area contributed by atoms with E-state index < -0.39 is 5.91 Å². The molecule has 0 aliphatic carbocycles. The van der Waals surface area contributed by atoms with Crippen LogP contribution in [0.15, 0.2) is 47.1 Å². The van der Waals surface area contributed by atoms with Gasteiger partial charge >= 0.3 is 0 Å². The summed E-state index contributed by atoms with van der Waals surface area (Å²) >= 11 is 0. The molecule has 2 amide bonds. The van der Waals surface area contributed by atoms with Crippen LogP contribution < -0.4 is 15.4 Å². The lowest BCUT2D eigenvalue weighted by atomic mass is 10.1. The third-order valence-corrected chi connectivity index (χ3v) is 4.11. The number of carbonyl (C=O) groups excluding carboxylic acids is 2. The summed E-state index contributed by atoms with van der Waals surface area (Å²) in [6.07, 6.45) is 3.46. The van der Waals surface area contributed by atoms with E-state index in [0.717, 1.165) is 0 Å². The molecule has 1 aliphatic heterocycles. The summed E-state index contributed by atoms with van der Waals surface area (Å²) in [5.74, 6) is 0.410. The number of aromatic nitrogens is 1. The van der Waals surface area contributed by atoms with E-state index in [1.54, 1.807) is 54.2 Å². The lowest BCUT2D eigenvalue weighted by molar-refractivity contribution is -0.118. The van der Waals surface area contributed by atoms with Crippen molar-refractivity contribution in [3.05, 3.63) is 59.6 Å². The summed E-state index contributed by atoms with van der Waals surface area (Å²) in [5.41, 5.74) is 1.24. The first-order chi connectivity index (χ1) is 13.1. The number of aryl methyl sites for hydroxylation is 1. The first-order valence-corrected chi connectivity index (χ1v) is 8.11. The molecule has 0 atom stereocenters. The average Bonchev–Trinajstić information content (AvgIpc) is 3.28. The third kappa shape index (κ3) is 2.91. The molecule has 3 heterocycles. The van der Waals surface area contributed by atoms with Gasteiger partial charge in [-0.05, 0) is 37.3 Å². The molecule has 0 radical (unpaired) electrons. The quantitative estimate of drug-likeness (QED) is 0.744. The van der Waals surface area contributed by atoms with Crippen LogP contribution in [0.3, 0.4) is 0 Å². The van der Waals surface area contributed by atoms with Crippen molar-refractivity contribution in [3.63, 3.8) is 0 Å². The minimum Gasteiger partial charge on any atom is -0.482 e. The molecular formula is C19H14N4O4. The van der Waals surface area contributed by atoms with Gasteiger partial charge in [0.1, 0.15) is 28.7 Å². The first kappa shape index (κ1) is 16.5. The second-order valence-electron chi connectivity index (χ2n) is 5.92. The van der Waals surface area contributed by atoms with Crippen molar-refractivity contribution in [2.45, 2.75) is 6.92 Å². The van der Waals surface area contributed by atoms with E-state index in [1.807, 2.05) is 6.07 Å². The molecule has 2 N–H and O–H groups in total. The molecule has 3 aromatic rings. The van der Waals surface area contributed by atoms with Crippen LogP contribution in [0.4, 0.5) is 11.4 Å². The maximum absolute atomic E-state index is 12.8. The van der Waals surface area contributed by atoms with E-state index in [4.69, 9.17) is 9.15 Å². The summed E-state index contributed by atoms with van der Waals surface area (Å²) in [4.78, 5) is 24.2. The van der Waals surface area contributed by atoms with Gasteiger partial charge < -0.3 is 19.8 Å². The van der Waals surface area contributed by atoms with E-state index in [1.165, 1.54) is 0 Å². The number of nitriles is 1. The van der Waals surface area contributed by atoms with Gasteiger partial charge in [0.05, 0.1) is 5.69 Å². The molecule has 0 bridgehead atoms. The largest absolute Gasteiger partial charge is 0.482 e. The molecule has 27 heavy (non-hydrogen) atoms. The average molecular weight is 362 g/mol. The van der Waals surface area contributed by atoms with Crippen molar-refractivity contribution >= 4 is 23.2 Å². The number of benzene rings is 1. The molecular weight excluding hydrogens is 348 g/mol. The van der Waals surface area contributed by atoms with Gasteiger partial charge in [-0.3, -0.25) is 14.2 Å². The Morgan fingerprint density at radius 2 is 2.11 bits per heavy atom. The van der Waals surface area contributed by atoms with Gasteiger partial charge in [0.15, 0.2) is 6.61 Å². The highest BCUT2D eigenvalue weighted by molar-refractivity contribution is 6.08. The fourth-order valence-electron chi connectivity index (χ4n) is 2.91. The lowest BCUT2D eigenvalue weighted by Crippen LogP contribution is -2.25. The number of amides is 2. The number of nitrogens with zero attached hydrogens (tertiary/aromatic N) is 2. The summed E-state index contributed by atoms with van der Waals surface area (Å²) in [6, 6.07) is 10.5. The third-order valence-electron chi connectivity index (χ3n) is 4.11. The zero-order valence-corrected chi connectivity index (χ0v) is 14.3. The number of fused-ring (bicyclic) bond motifs is 1. The van der Waals surface area contributed by atoms with Crippen molar-refractivity contribution in [2.24, 2.45) is 0 Å². The standard InChI is InChI=1S/C19H14N4O4/c1-11-17(13(9-20)19(27-11)23-6-2-3-7-23)18(25)21-12-4-5-15-14(8-12)22-16(24)10-26-15/h2-8H,10H2,1H3,(H,21,25)(H,22,24). The smallest absolute Gasteiger partial charge is 0.262 e. The zero-order valence-electron chi connectivity index (χ0n) is 14.3. The number of nitrogens with one attached hydrogen (secondary N) is 2. The molecule has 8 heteroatoms. The molecule has 1 aliphatic rings. The van der Waals surface area contributed by atoms with E-state index in [9.17, 15) is 14.9 Å². The Kier molecular flexibility index (Phi) is 3.90. The molecule has 4 rings (SSSR count). The van der Waals surface area contributed by atoms with Crippen LogP contribution >= 0.6 is 0 Å². The lowest BCUT2D eigenvalue weighted by Gasteiger charge is -2.18. The Hall–Kier alpha value is -3.99. The number of hydrogen-bond acceptors (Lipinski definition) is 5. The number of furan rings is 1. The van der Waals surface area contributed by atoms with Crippen LogP contribution in [0, 0.1) is 18.3 Å². The molecule has 0 unspecified atom stereocenters. The fraction of sp³-hybridized carbons (Fsp3) is 0.105. The van der Waals surface area contributed by atoms with Crippen LogP contribution in [-0.2, 0) is 4.79 Å². The maximum atomic E-state index is 12.8. The monoisotopic (exact) mass is 362 g/mol. The predicted molar refractivity (Wildman–Crippen MR) is 96.0 cm³/mol. The van der Waals surface area contributed by atoms with Crippen molar-refractivity contribution < 1.29 is 18.7 Å². The van der Waals surface area contributed by atoms with Gasteiger partial charge in [0.2, 0.25) is 5.88 Å². The number of rotatable bonds is 3. The van der Waals surface area contributed by atoms with E-state index in [-0.39, 0.29) is 29.5 Å². The van der Waals surface area contributed by atoms with Gasteiger partial charge in [0.25, 0.3) is 11.8 Å². The van der Waals surface area contributed by atoms with Gasteiger partial charge in [-0.2, -0.15) is 5.26 Å². The number of anilines is 2. The molecule has 0 fully saturated rings. The van der Waals surface area contributed by atoms with Crippen LogP contribution in [0.5, 0.6) is 5.75 Å². The first-order valence-electron chi connectivity index (χ1n) is 8.11. The Balaban J connectivity index is 1.65. The summed E-state index contributed by atoms with van der Waals surface area (Å²) < 4.78 is 12.6. The molecule has 0 saturated carbocycles. The molecule has 1 aromatic carbocycles. The topological polar surface area (TPSA) is 109 Å². The van der Waals surface area contributed by atoms with Crippen LogP contribution in [0.25, 0.3) is 5.88 Å². The Morgan fingerprint density at radius 3 is 2.85 bits per heavy atom. The van der Waals surface area contributed by atoms with Crippen LogP contribution in [0.2, 0.25) is 0 Å². The Morgan fingerprint density at radius 1 is 1.33 bits per heavy atom. The number of ether oxygens (including phenoxy) is 1. The zero-order chi connectivity index (χ0) is 19.0. The SMILES string of the molecule is Cc1oc(-n2cccc2)c(C#N)c1C(=O)Nc1ccc2c(c1)NC(=O)CO2. The van der Waals surface area contributed by atoms with Gasteiger partial charge in [0, 0.05) is 18.1 Å². The van der Waals surface area contributed by atoms with Crippen molar-refractivity contribution in [1.82, 2.24) is 4.57 Å². The Labute approximate surface area is 154 Å². The highest BCUT2D eigenvalue weighted by Gasteiger charge is 2.25. The van der Waals surface area contributed by atoms with Gasteiger partial charge in [-0.25, -0.2) is 0 Å². The van der Waals surface area contributed by atoms with Crippen molar-refractivity contribution in [2.75, 3.05) is 17.2 Å². The van der Waals surface area contributed by atoms with Crippen LogP contribution in [-0.4, -0.2) is 23.0 Å². The summed E-state index contributed by atoms with van der Waals surface area (Å²) in [5, 5.41) is 15.0. The van der Waals surface area contributed by atoms with Crippen LogP contribution in [0.1, 0.15) is 21.7 Å². The highest BCUT2D eigenvalue weighted by atomic mass is 16.5. The highest BCUT2D eigenvalue weighted by Crippen LogP contribution is 2.31. The molecule has 0 saturated heterocycles. The molecule has 0 spiro atoms. The van der Waals surface area contributed by atoms with E-state index in [0.29, 0.717) is 22.9 Å². The second-order valence-corrected chi connectivity index (χ2v) is 5.92. The molecule has 8 nitrogen and oxygen atoms in total. The van der Waals surface area contributed by atoms with Gasteiger partial charge in [-0.15, -0.1) is 0 Å². The summed E-state index contributed by atoms with van der Waals surface area (Å²) in [7, 11) is 0. The number of hydrogen-bond donors (Lipinski definition) is 2. The second kappa shape index (κ2) is 6.38. The Bertz CT molecular complexity index is 1090. The fourth-order valence-corrected chi connectivity index (χ4v) is 2.91. The minimum atomic E-state index is -0.478. The predicted octanol–water partition coefficient (Wildman–Crippen LogP) is 2.83. The van der Waals surface area contributed by atoms with Gasteiger partial charge in [-0.1, -0.05) is 0 Å². The maximum Gasteiger partial charge on any atom is 0.262 e. The minimum absolute atomic E-state index is 0.0411. The normalized spacial score (nSPS) is 12.5. The number of carbonyl (C=O) groups is 2. The van der Waals surface area contributed by atoms with Crippen molar-refractivity contribution in [3.8, 4) is 17.7 Å². The molecule has 2 aromatic heterocycles. The summed E-state index contributed by atoms with van der Waals surface area (Å²) in [6.45, 7) is 1.59. The van der Waals surface area contributed by atoms with E-state index >= 15 is 0 Å². The van der Waals surface area contributed by atoms with Crippen molar-refractivity contribution in [1.29, 1.82) is 5.26 Å². The molecule has 134 valence electrons. The van der Waals surface area contributed by atoms with E-state index in [2.05, 4.69) is 10.6 Å².